The highest BCUT2D eigenvalue weighted by Gasteiger charge is 2.32. The van der Waals surface area contributed by atoms with Crippen LogP contribution in [-0.2, 0) is 4.74 Å². The second-order valence-corrected chi connectivity index (χ2v) is 5.78. The Balaban J connectivity index is 1.52. The van der Waals surface area contributed by atoms with E-state index < -0.39 is 0 Å². The zero-order valence-electron chi connectivity index (χ0n) is 12.9. The van der Waals surface area contributed by atoms with Crippen molar-refractivity contribution in [3.8, 4) is 11.3 Å². The summed E-state index contributed by atoms with van der Waals surface area (Å²) in [7, 11) is 1.51. The fraction of sp³-hybridized carbons (Fsp3) is 0.353. The van der Waals surface area contributed by atoms with E-state index in [-0.39, 0.29) is 17.7 Å². The number of methoxy groups -OCH3 is 1. The van der Waals surface area contributed by atoms with Crippen LogP contribution in [0.2, 0.25) is 0 Å². The maximum absolute atomic E-state index is 12.2. The van der Waals surface area contributed by atoms with Crippen molar-refractivity contribution in [2.45, 2.75) is 25.3 Å². The lowest BCUT2D eigenvalue weighted by Gasteiger charge is -2.35. The van der Waals surface area contributed by atoms with Crippen molar-refractivity contribution >= 4 is 11.8 Å². The minimum absolute atomic E-state index is 0.127. The Bertz CT molecular complexity index is 690. The Morgan fingerprint density at radius 2 is 2.13 bits per heavy atom. The fourth-order valence-corrected chi connectivity index (χ4v) is 2.75. The molecule has 0 radical (unpaired) electrons. The van der Waals surface area contributed by atoms with Crippen molar-refractivity contribution in [2.24, 2.45) is 5.92 Å². The average molecular weight is 313 g/mol. The first-order valence-electron chi connectivity index (χ1n) is 7.60. The van der Waals surface area contributed by atoms with Crippen LogP contribution < -0.4 is 5.32 Å². The van der Waals surface area contributed by atoms with E-state index in [0.717, 1.165) is 18.4 Å². The van der Waals surface area contributed by atoms with E-state index in [2.05, 4.69) is 10.5 Å². The van der Waals surface area contributed by atoms with Gasteiger partial charge in [-0.25, -0.2) is 0 Å². The summed E-state index contributed by atoms with van der Waals surface area (Å²) in [4.78, 5) is 12.2. The molecule has 23 heavy (non-hydrogen) atoms. The molecule has 1 amide bonds. The van der Waals surface area contributed by atoms with Crippen molar-refractivity contribution in [3.63, 3.8) is 0 Å². The number of nitrogens with one attached hydrogen (secondary N) is 2. The molecule has 0 aliphatic heterocycles. The molecule has 1 aliphatic carbocycles. The topological polar surface area (TPSA) is 88.2 Å². The van der Waals surface area contributed by atoms with E-state index >= 15 is 0 Å². The molecule has 0 bridgehead atoms. The number of aromatic nitrogens is 1. The number of ether oxygens (including phenoxy) is 1. The summed E-state index contributed by atoms with van der Waals surface area (Å²) in [5.74, 6) is 0.673. The van der Waals surface area contributed by atoms with E-state index in [9.17, 15) is 4.79 Å². The summed E-state index contributed by atoms with van der Waals surface area (Å²) in [6, 6.07) is 11.4. The first-order valence-corrected chi connectivity index (χ1v) is 7.60. The molecular formula is C17H19N3O3. The quantitative estimate of drug-likeness (QED) is 0.656. The molecule has 0 spiro atoms. The van der Waals surface area contributed by atoms with Crippen LogP contribution in [0.1, 0.15) is 29.8 Å². The molecule has 2 N–H and O–H groups in total. The Morgan fingerprint density at radius 3 is 2.83 bits per heavy atom. The molecule has 6 nitrogen and oxygen atoms in total. The molecule has 1 aromatic heterocycles. The van der Waals surface area contributed by atoms with Crippen LogP contribution in [0, 0.1) is 11.3 Å². The minimum atomic E-state index is -0.245. The third-order valence-corrected chi connectivity index (χ3v) is 4.09. The van der Waals surface area contributed by atoms with Gasteiger partial charge in [0, 0.05) is 24.1 Å². The second kappa shape index (κ2) is 6.64. The molecule has 120 valence electrons. The van der Waals surface area contributed by atoms with E-state index in [1.165, 1.54) is 7.11 Å². The second-order valence-electron chi connectivity index (χ2n) is 5.78. The summed E-state index contributed by atoms with van der Waals surface area (Å²) in [5, 5.41) is 14.4. The summed E-state index contributed by atoms with van der Waals surface area (Å²) in [6.07, 6.45) is 2.34. The lowest BCUT2D eigenvalue weighted by molar-refractivity contribution is 0.0853. The number of nitrogens with zero attached hydrogens (tertiary/aromatic N) is 1. The van der Waals surface area contributed by atoms with Crippen molar-refractivity contribution in [3.05, 3.63) is 42.2 Å². The summed E-state index contributed by atoms with van der Waals surface area (Å²) < 4.78 is 10.0. The van der Waals surface area contributed by atoms with Crippen molar-refractivity contribution in [1.82, 2.24) is 10.5 Å². The summed E-state index contributed by atoms with van der Waals surface area (Å²) in [6.45, 7) is 0. The Labute approximate surface area is 134 Å². The molecule has 1 saturated carbocycles. The van der Waals surface area contributed by atoms with Crippen LogP contribution in [-0.4, -0.2) is 30.1 Å². The zero-order valence-corrected chi connectivity index (χ0v) is 12.9. The number of rotatable bonds is 5. The Morgan fingerprint density at radius 1 is 1.39 bits per heavy atom. The first kappa shape index (κ1) is 15.3. The third kappa shape index (κ3) is 3.59. The van der Waals surface area contributed by atoms with E-state index in [0.29, 0.717) is 23.9 Å². The predicted molar refractivity (Wildman–Crippen MR) is 85.3 cm³/mol. The monoisotopic (exact) mass is 313 g/mol. The van der Waals surface area contributed by atoms with Crippen molar-refractivity contribution in [1.29, 1.82) is 5.41 Å². The molecule has 1 fully saturated rings. The van der Waals surface area contributed by atoms with E-state index in [4.69, 9.17) is 14.7 Å². The first-order chi connectivity index (χ1) is 11.2. The highest BCUT2D eigenvalue weighted by molar-refractivity contribution is 5.92. The van der Waals surface area contributed by atoms with Crippen LogP contribution in [0.5, 0.6) is 0 Å². The standard InChI is InChI=1S/C17H19N3O3/c1-22-16(18)9-11-7-13(8-11)19-17(21)15-10-14(20-23-15)12-5-3-2-4-6-12/h2-6,10-11,13,18H,7-9H2,1H3,(H,19,21). The number of hydrogen-bond acceptors (Lipinski definition) is 5. The number of amides is 1. The van der Waals surface area contributed by atoms with Gasteiger partial charge < -0.3 is 14.6 Å². The van der Waals surface area contributed by atoms with Gasteiger partial charge in [0.15, 0.2) is 5.90 Å². The average Bonchev–Trinajstić information content (AvgIpc) is 3.03. The lowest BCUT2D eigenvalue weighted by atomic mass is 9.78. The van der Waals surface area contributed by atoms with Gasteiger partial charge in [-0.1, -0.05) is 35.5 Å². The van der Waals surface area contributed by atoms with Crippen LogP contribution in [0.3, 0.4) is 0 Å². The molecule has 2 aromatic rings. The third-order valence-electron chi connectivity index (χ3n) is 4.09. The lowest BCUT2D eigenvalue weighted by Crippen LogP contribution is -2.44. The molecular weight excluding hydrogens is 294 g/mol. The number of carbonyl (C=O) groups is 1. The molecule has 0 saturated heterocycles. The molecule has 1 heterocycles. The number of carbonyl (C=O) groups excluding carboxylic acids is 1. The SMILES string of the molecule is COC(=N)CC1CC(NC(=O)c2cc(-c3ccccc3)no2)C1. The fourth-order valence-electron chi connectivity index (χ4n) is 2.75. The molecule has 6 heteroatoms. The van der Waals surface area contributed by atoms with Gasteiger partial charge in [0.25, 0.3) is 5.91 Å². The van der Waals surface area contributed by atoms with Crippen molar-refractivity contribution < 1.29 is 14.1 Å². The highest BCUT2D eigenvalue weighted by Crippen LogP contribution is 2.31. The summed E-state index contributed by atoms with van der Waals surface area (Å²) in [5.41, 5.74) is 1.56. The van der Waals surface area contributed by atoms with Gasteiger partial charge in [0.1, 0.15) is 5.69 Å². The van der Waals surface area contributed by atoms with Gasteiger partial charge in [0.2, 0.25) is 5.76 Å². The predicted octanol–water partition coefficient (Wildman–Crippen LogP) is 2.86. The Kier molecular flexibility index (Phi) is 4.41. The number of benzene rings is 1. The van der Waals surface area contributed by atoms with E-state index in [1.54, 1.807) is 6.07 Å². The smallest absolute Gasteiger partial charge is 0.290 e. The maximum atomic E-state index is 12.2. The minimum Gasteiger partial charge on any atom is -0.484 e. The normalized spacial score (nSPS) is 19.7. The Hall–Kier alpha value is -2.63. The van der Waals surface area contributed by atoms with Crippen LogP contribution in [0.25, 0.3) is 11.3 Å². The van der Waals surface area contributed by atoms with Gasteiger partial charge in [-0.05, 0) is 18.8 Å². The van der Waals surface area contributed by atoms with Gasteiger partial charge in [-0.15, -0.1) is 0 Å². The zero-order chi connectivity index (χ0) is 16.2. The highest BCUT2D eigenvalue weighted by atomic mass is 16.5. The number of hydrogen-bond donors (Lipinski definition) is 2. The van der Waals surface area contributed by atoms with Crippen molar-refractivity contribution in [2.75, 3.05) is 7.11 Å². The largest absolute Gasteiger partial charge is 0.484 e. The van der Waals surface area contributed by atoms with Crippen LogP contribution in [0.15, 0.2) is 40.9 Å². The molecule has 1 aliphatic rings. The maximum Gasteiger partial charge on any atom is 0.290 e. The van der Waals surface area contributed by atoms with Gasteiger partial charge in [0.05, 0.1) is 7.11 Å². The van der Waals surface area contributed by atoms with Gasteiger partial charge in [-0.2, -0.15) is 0 Å². The molecule has 0 atom stereocenters. The van der Waals surface area contributed by atoms with Crippen LogP contribution >= 0.6 is 0 Å². The molecule has 1 aromatic carbocycles. The molecule has 0 unspecified atom stereocenters. The van der Waals surface area contributed by atoms with E-state index in [1.807, 2.05) is 30.3 Å². The van der Waals surface area contributed by atoms with Gasteiger partial charge in [-0.3, -0.25) is 10.2 Å². The summed E-state index contributed by atoms with van der Waals surface area (Å²) >= 11 is 0. The van der Waals surface area contributed by atoms with Gasteiger partial charge >= 0.3 is 0 Å². The molecule has 3 rings (SSSR count). The van der Waals surface area contributed by atoms with Crippen LogP contribution in [0.4, 0.5) is 0 Å².